The molecule has 0 radical (unpaired) electrons. The van der Waals surface area contributed by atoms with Gasteiger partial charge in [0.05, 0.1) is 7.11 Å². The van der Waals surface area contributed by atoms with Gasteiger partial charge in [-0.2, -0.15) is 4.99 Å². The first-order valence-corrected chi connectivity index (χ1v) is 6.54. The van der Waals surface area contributed by atoms with Crippen LogP contribution < -0.4 is 4.74 Å². The topological polar surface area (TPSA) is 58.9 Å². The number of aromatic hydroxyl groups is 1. The molecule has 1 N–H and O–H groups in total. The number of phenols is 1. The molecule has 19 heavy (non-hydrogen) atoms. The van der Waals surface area contributed by atoms with Crippen molar-refractivity contribution in [2.24, 2.45) is 4.99 Å². The maximum absolute atomic E-state index is 10.7. The van der Waals surface area contributed by atoms with Crippen molar-refractivity contribution in [1.82, 2.24) is 0 Å². The zero-order chi connectivity index (χ0) is 14.0. The van der Waals surface area contributed by atoms with E-state index in [1.807, 2.05) is 12.1 Å². The number of hydrogen-bond donors (Lipinski definition) is 1. The van der Waals surface area contributed by atoms with E-state index in [2.05, 4.69) is 18.8 Å². The van der Waals surface area contributed by atoms with E-state index in [0.29, 0.717) is 17.2 Å². The lowest BCUT2D eigenvalue weighted by molar-refractivity contribution is 0.244. The summed E-state index contributed by atoms with van der Waals surface area (Å²) in [5.41, 5.74) is 1.14. The number of rotatable bonds is 4. The Morgan fingerprint density at radius 3 is 2.53 bits per heavy atom. The summed E-state index contributed by atoms with van der Waals surface area (Å²) in [4.78, 5) is 14.6. The van der Waals surface area contributed by atoms with Gasteiger partial charge in [-0.25, -0.2) is 4.79 Å². The molecule has 4 nitrogen and oxygen atoms in total. The summed E-state index contributed by atoms with van der Waals surface area (Å²) in [5.74, 6) is 0.838. The molecular weight excluding hydrogens is 242 g/mol. The molecule has 1 aromatic carbocycles. The molecule has 0 aromatic heterocycles. The average Bonchev–Trinajstić information content (AvgIpc) is 2.34. The first-order chi connectivity index (χ1) is 9.04. The molecule has 2 rings (SSSR count). The van der Waals surface area contributed by atoms with Crippen LogP contribution in [-0.4, -0.2) is 18.3 Å². The van der Waals surface area contributed by atoms with Crippen molar-refractivity contribution in [2.45, 2.75) is 44.6 Å². The third-order valence-electron chi connectivity index (χ3n) is 3.93. The Labute approximate surface area is 113 Å². The van der Waals surface area contributed by atoms with Gasteiger partial charge in [-0.05, 0) is 42.9 Å². The lowest BCUT2D eigenvalue weighted by atomic mass is 9.71. The fourth-order valence-corrected chi connectivity index (χ4v) is 2.51. The van der Waals surface area contributed by atoms with E-state index >= 15 is 0 Å². The van der Waals surface area contributed by atoms with Crippen LogP contribution in [0.2, 0.25) is 0 Å². The Morgan fingerprint density at radius 2 is 2.11 bits per heavy atom. The van der Waals surface area contributed by atoms with Crippen LogP contribution in [0.4, 0.5) is 0 Å². The Hall–Kier alpha value is -1.80. The van der Waals surface area contributed by atoms with E-state index in [4.69, 9.17) is 4.74 Å². The standard InChI is InChI=1S/C15H19NO3/c1-10(2)11-7-12(14(18)13(8-11)19-3)15(16-9-17)5-4-6-15/h7-8,10,18H,4-6H2,1-3H3. The Morgan fingerprint density at radius 1 is 1.42 bits per heavy atom. The molecule has 4 heteroatoms. The van der Waals surface area contributed by atoms with E-state index in [1.54, 1.807) is 6.08 Å². The lowest BCUT2D eigenvalue weighted by Crippen LogP contribution is -2.32. The van der Waals surface area contributed by atoms with Crippen molar-refractivity contribution in [3.8, 4) is 11.5 Å². The summed E-state index contributed by atoms with van der Waals surface area (Å²) < 4.78 is 5.23. The zero-order valence-corrected chi connectivity index (χ0v) is 11.6. The van der Waals surface area contributed by atoms with Crippen LogP contribution in [0.25, 0.3) is 0 Å². The van der Waals surface area contributed by atoms with Gasteiger partial charge in [-0.15, -0.1) is 0 Å². The SMILES string of the molecule is COc1cc(C(C)C)cc(C2(N=C=O)CCC2)c1O. The van der Waals surface area contributed by atoms with Gasteiger partial charge in [-0.1, -0.05) is 13.8 Å². The van der Waals surface area contributed by atoms with Crippen molar-refractivity contribution in [3.05, 3.63) is 23.3 Å². The maximum atomic E-state index is 10.7. The number of hydrogen-bond acceptors (Lipinski definition) is 4. The largest absolute Gasteiger partial charge is 0.504 e. The van der Waals surface area contributed by atoms with Crippen LogP contribution in [-0.2, 0) is 10.3 Å². The summed E-state index contributed by atoms with van der Waals surface area (Å²) in [6.45, 7) is 4.15. The van der Waals surface area contributed by atoms with Crippen LogP contribution in [0.15, 0.2) is 17.1 Å². The first-order valence-electron chi connectivity index (χ1n) is 6.54. The molecule has 1 fully saturated rings. The number of nitrogens with zero attached hydrogens (tertiary/aromatic N) is 1. The van der Waals surface area contributed by atoms with Crippen LogP contribution in [0.3, 0.4) is 0 Å². The molecular formula is C15H19NO3. The number of carbonyl (C=O) groups excluding carboxylic acids is 1. The number of isocyanates is 1. The van der Waals surface area contributed by atoms with Crippen LogP contribution in [0.5, 0.6) is 11.5 Å². The predicted molar refractivity (Wildman–Crippen MR) is 72.4 cm³/mol. The molecule has 0 aliphatic heterocycles. The third-order valence-corrected chi connectivity index (χ3v) is 3.93. The summed E-state index contributed by atoms with van der Waals surface area (Å²) in [6.07, 6.45) is 4.17. The highest BCUT2D eigenvalue weighted by Crippen LogP contribution is 2.50. The molecule has 1 saturated carbocycles. The van der Waals surface area contributed by atoms with Gasteiger partial charge in [0.15, 0.2) is 11.5 Å². The smallest absolute Gasteiger partial charge is 0.235 e. The minimum atomic E-state index is -0.607. The Kier molecular flexibility index (Phi) is 3.63. The molecule has 0 atom stereocenters. The van der Waals surface area contributed by atoms with Gasteiger partial charge in [0.25, 0.3) is 0 Å². The van der Waals surface area contributed by atoms with E-state index in [9.17, 15) is 9.90 Å². The quantitative estimate of drug-likeness (QED) is 0.668. The van der Waals surface area contributed by atoms with Crippen LogP contribution in [0.1, 0.15) is 50.2 Å². The molecule has 1 aliphatic rings. The van der Waals surface area contributed by atoms with Gasteiger partial charge < -0.3 is 9.84 Å². The van der Waals surface area contributed by atoms with Crippen molar-refractivity contribution in [3.63, 3.8) is 0 Å². The van der Waals surface area contributed by atoms with E-state index in [1.165, 1.54) is 7.11 Å². The third kappa shape index (κ3) is 2.24. The fraction of sp³-hybridized carbons (Fsp3) is 0.533. The summed E-state index contributed by atoms with van der Waals surface area (Å²) in [5, 5.41) is 10.3. The molecule has 0 amide bonds. The van der Waals surface area contributed by atoms with Crippen LogP contribution >= 0.6 is 0 Å². The van der Waals surface area contributed by atoms with E-state index in [-0.39, 0.29) is 5.75 Å². The summed E-state index contributed by atoms with van der Waals surface area (Å²) >= 11 is 0. The average molecular weight is 261 g/mol. The van der Waals surface area contributed by atoms with Crippen LogP contribution in [0, 0.1) is 0 Å². The van der Waals surface area contributed by atoms with Crippen molar-refractivity contribution in [1.29, 1.82) is 0 Å². The van der Waals surface area contributed by atoms with Crippen molar-refractivity contribution in [2.75, 3.05) is 7.11 Å². The van der Waals surface area contributed by atoms with Gasteiger partial charge >= 0.3 is 0 Å². The van der Waals surface area contributed by atoms with Crippen molar-refractivity contribution < 1.29 is 14.6 Å². The second kappa shape index (κ2) is 5.06. The number of benzene rings is 1. The monoisotopic (exact) mass is 261 g/mol. The van der Waals surface area contributed by atoms with Gasteiger partial charge in [-0.3, -0.25) is 0 Å². The molecule has 0 unspecified atom stereocenters. The van der Waals surface area contributed by atoms with E-state index < -0.39 is 5.54 Å². The zero-order valence-electron chi connectivity index (χ0n) is 11.6. The number of aliphatic imine (C=N–C) groups is 1. The molecule has 1 aliphatic carbocycles. The number of ether oxygens (including phenoxy) is 1. The molecule has 0 saturated heterocycles. The highest BCUT2D eigenvalue weighted by atomic mass is 16.5. The fourth-order valence-electron chi connectivity index (χ4n) is 2.51. The second-order valence-electron chi connectivity index (χ2n) is 5.36. The lowest BCUT2D eigenvalue weighted by Gasteiger charge is -2.38. The first kappa shape index (κ1) is 13.6. The summed E-state index contributed by atoms with van der Waals surface area (Å²) in [6, 6.07) is 3.77. The molecule has 1 aromatic rings. The molecule has 0 heterocycles. The maximum Gasteiger partial charge on any atom is 0.235 e. The Bertz CT molecular complexity index is 526. The van der Waals surface area contributed by atoms with E-state index in [0.717, 1.165) is 24.8 Å². The molecule has 0 bridgehead atoms. The van der Waals surface area contributed by atoms with Crippen molar-refractivity contribution >= 4 is 6.08 Å². The number of methoxy groups -OCH3 is 1. The number of phenolic OH excluding ortho intramolecular Hbond substituents is 1. The minimum absolute atomic E-state index is 0.0885. The summed E-state index contributed by atoms with van der Waals surface area (Å²) in [7, 11) is 1.53. The predicted octanol–water partition coefficient (Wildman–Crippen LogP) is 3.24. The van der Waals surface area contributed by atoms with Gasteiger partial charge in [0, 0.05) is 5.56 Å². The highest BCUT2D eigenvalue weighted by Gasteiger charge is 2.41. The molecule has 0 spiro atoms. The highest BCUT2D eigenvalue weighted by molar-refractivity contribution is 5.54. The molecule has 102 valence electrons. The van der Waals surface area contributed by atoms with Gasteiger partial charge in [0.2, 0.25) is 6.08 Å². The van der Waals surface area contributed by atoms with Gasteiger partial charge in [0.1, 0.15) is 5.54 Å². The Balaban J connectivity index is 2.61. The minimum Gasteiger partial charge on any atom is -0.504 e. The second-order valence-corrected chi connectivity index (χ2v) is 5.36. The normalized spacial score (nSPS) is 16.6.